The summed E-state index contributed by atoms with van der Waals surface area (Å²) in [5, 5.41) is 3.93. The van der Waals surface area contributed by atoms with Gasteiger partial charge in [-0.25, -0.2) is 0 Å². The second-order valence-electron chi connectivity index (χ2n) is 8.42. The smallest absolute Gasteiger partial charge is 0.252 e. The van der Waals surface area contributed by atoms with Gasteiger partial charge in [0.2, 0.25) is 5.91 Å². The molecular weight excluding hydrogens is 374 g/mol. The summed E-state index contributed by atoms with van der Waals surface area (Å²) in [5.74, 6) is 0.600. The first kappa shape index (κ1) is 20.4. The van der Waals surface area contributed by atoms with Gasteiger partial charge in [0, 0.05) is 30.7 Å². The van der Waals surface area contributed by atoms with Crippen LogP contribution in [0.25, 0.3) is 10.9 Å². The van der Waals surface area contributed by atoms with Gasteiger partial charge < -0.3 is 10.3 Å². The second kappa shape index (κ2) is 9.26. The molecule has 1 fully saturated rings. The largest absolute Gasteiger partial charge is 0.352 e. The van der Waals surface area contributed by atoms with Crippen LogP contribution < -0.4 is 10.9 Å². The first-order valence-corrected chi connectivity index (χ1v) is 10.8. The Labute approximate surface area is 177 Å². The lowest BCUT2D eigenvalue weighted by Gasteiger charge is -2.31. The standard InChI is InChI=1S/C25H29N3O2/c1-18-7-6-12-28(16-18)17-21-10-3-2-9-20(21)15-26-24(29)14-22-13-19-8-4-5-11-23(19)27-25(22)30/h2-5,8-11,13,18H,6-7,12,14-17H2,1H3,(H,26,29)(H,27,30)/t18-/m0/s1. The highest BCUT2D eigenvalue weighted by Gasteiger charge is 2.17. The Bertz CT molecular complexity index is 1090. The van der Waals surface area contributed by atoms with Crippen molar-refractivity contribution in [2.45, 2.75) is 39.3 Å². The predicted octanol–water partition coefficient (Wildman–Crippen LogP) is 3.62. The van der Waals surface area contributed by atoms with Gasteiger partial charge in [-0.15, -0.1) is 0 Å². The lowest BCUT2D eigenvalue weighted by Crippen LogP contribution is -2.34. The quantitative estimate of drug-likeness (QED) is 0.661. The molecule has 2 N–H and O–H groups in total. The summed E-state index contributed by atoms with van der Waals surface area (Å²) in [6.07, 6.45) is 2.63. The Morgan fingerprint density at radius 2 is 1.87 bits per heavy atom. The molecule has 30 heavy (non-hydrogen) atoms. The van der Waals surface area contributed by atoms with Gasteiger partial charge in [-0.05, 0) is 54.0 Å². The summed E-state index contributed by atoms with van der Waals surface area (Å²) in [6, 6.07) is 17.7. The number of amides is 1. The number of piperidine rings is 1. The fourth-order valence-corrected chi connectivity index (χ4v) is 4.31. The molecule has 0 radical (unpaired) electrons. The summed E-state index contributed by atoms with van der Waals surface area (Å²) in [4.78, 5) is 30.2. The van der Waals surface area contributed by atoms with E-state index in [0.717, 1.165) is 42.0 Å². The molecule has 0 aliphatic carbocycles. The van der Waals surface area contributed by atoms with Crippen molar-refractivity contribution in [1.82, 2.24) is 15.2 Å². The summed E-state index contributed by atoms with van der Waals surface area (Å²) < 4.78 is 0. The molecule has 0 spiro atoms. The molecule has 1 aliphatic rings. The van der Waals surface area contributed by atoms with Crippen molar-refractivity contribution in [3.63, 3.8) is 0 Å². The fourth-order valence-electron chi connectivity index (χ4n) is 4.31. The average molecular weight is 404 g/mol. The molecule has 1 aromatic heterocycles. The summed E-state index contributed by atoms with van der Waals surface area (Å²) in [7, 11) is 0. The number of para-hydroxylation sites is 1. The van der Waals surface area contributed by atoms with Gasteiger partial charge in [0.25, 0.3) is 5.56 Å². The van der Waals surface area contributed by atoms with Crippen LogP contribution in [-0.2, 0) is 24.3 Å². The van der Waals surface area contributed by atoms with Crippen LogP contribution in [0.1, 0.15) is 36.5 Å². The van der Waals surface area contributed by atoms with Gasteiger partial charge in [-0.3, -0.25) is 14.5 Å². The molecule has 3 aromatic rings. The van der Waals surface area contributed by atoms with Crippen LogP contribution in [0.15, 0.2) is 59.4 Å². The molecule has 2 heterocycles. The number of carbonyl (C=O) groups is 1. The van der Waals surface area contributed by atoms with Crippen molar-refractivity contribution in [2.24, 2.45) is 5.92 Å². The third kappa shape index (κ3) is 4.97. The van der Waals surface area contributed by atoms with Crippen molar-refractivity contribution in [3.8, 4) is 0 Å². The van der Waals surface area contributed by atoms with E-state index in [-0.39, 0.29) is 17.9 Å². The average Bonchev–Trinajstić information content (AvgIpc) is 2.74. The number of nitrogens with one attached hydrogen (secondary N) is 2. The molecule has 0 saturated carbocycles. The van der Waals surface area contributed by atoms with Crippen LogP contribution in [0.4, 0.5) is 0 Å². The molecule has 1 saturated heterocycles. The minimum atomic E-state index is -0.205. The monoisotopic (exact) mass is 403 g/mol. The van der Waals surface area contributed by atoms with Crippen molar-refractivity contribution in [2.75, 3.05) is 13.1 Å². The zero-order valence-corrected chi connectivity index (χ0v) is 17.5. The molecule has 2 aromatic carbocycles. The lowest BCUT2D eigenvalue weighted by molar-refractivity contribution is -0.120. The molecule has 0 bridgehead atoms. The Balaban J connectivity index is 1.40. The van der Waals surface area contributed by atoms with Crippen LogP contribution >= 0.6 is 0 Å². The maximum atomic E-state index is 12.5. The van der Waals surface area contributed by atoms with E-state index in [1.54, 1.807) is 6.07 Å². The molecular formula is C25H29N3O2. The number of fused-ring (bicyclic) bond motifs is 1. The first-order valence-electron chi connectivity index (χ1n) is 10.8. The number of hydrogen-bond donors (Lipinski definition) is 2. The van der Waals surface area contributed by atoms with E-state index in [1.807, 2.05) is 30.3 Å². The first-order chi connectivity index (χ1) is 14.6. The molecule has 5 heteroatoms. The van der Waals surface area contributed by atoms with E-state index in [4.69, 9.17) is 0 Å². The highest BCUT2D eigenvalue weighted by atomic mass is 16.2. The van der Waals surface area contributed by atoms with Crippen LogP contribution in [0, 0.1) is 5.92 Å². The zero-order valence-electron chi connectivity index (χ0n) is 17.5. The Morgan fingerprint density at radius 1 is 1.10 bits per heavy atom. The normalized spacial score (nSPS) is 17.2. The molecule has 1 atom stereocenters. The van der Waals surface area contributed by atoms with Gasteiger partial charge in [-0.2, -0.15) is 0 Å². The maximum absolute atomic E-state index is 12.5. The number of nitrogens with zero attached hydrogens (tertiary/aromatic N) is 1. The molecule has 5 nitrogen and oxygen atoms in total. The zero-order chi connectivity index (χ0) is 20.9. The van der Waals surface area contributed by atoms with E-state index in [1.165, 1.54) is 18.4 Å². The number of rotatable bonds is 6. The third-order valence-corrected chi connectivity index (χ3v) is 5.91. The third-order valence-electron chi connectivity index (χ3n) is 5.91. The number of hydrogen-bond acceptors (Lipinski definition) is 3. The lowest BCUT2D eigenvalue weighted by atomic mass is 9.99. The number of likely N-dealkylation sites (tertiary alicyclic amines) is 1. The highest BCUT2D eigenvalue weighted by molar-refractivity contribution is 5.82. The van der Waals surface area contributed by atoms with Gasteiger partial charge >= 0.3 is 0 Å². The van der Waals surface area contributed by atoms with Crippen molar-refractivity contribution in [1.29, 1.82) is 0 Å². The molecule has 1 amide bonds. The van der Waals surface area contributed by atoms with E-state index in [9.17, 15) is 9.59 Å². The Morgan fingerprint density at radius 3 is 2.70 bits per heavy atom. The number of aromatic amines is 1. The van der Waals surface area contributed by atoms with Crippen molar-refractivity contribution >= 4 is 16.8 Å². The SMILES string of the molecule is C[C@H]1CCCN(Cc2ccccc2CNC(=O)Cc2cc3ccccc3[nH]c2=O)C1. The summed E-state index contributed by atoms with van der Waals surface area (Å²) in [6.45, 7) is 5.97. The number of aromatic nitrogens is 1. The fraction of sp³-hybridized carbons (Fsp3) is 0.360. The minimum absolute atomic E-state index is 0.0754. The minimum Gasteiger partial charge on any atom is -0.352 e. The van der Waals surface area contributed by atoms with Crippen molar-refractivity contribution in [3.05, 3.63) is 81.6 Å². The van der Waals surface area contributed by atoms with Gasteiger partial charge in [-0.1, -0.05) is 49.4 Å². The van der Waals surface area contributed by atoms with Crippen LogP contribution in [0.3, 0.4) is 0 Å². The number of benzene rings is 2. The maximum Gasteiger partial charge on any atom is 0.252 e. The highest BCUT2D eigenvalue weighted by Crippen LogP contribution is 2.19. The predicted molar refractivity (Wildman–Crippen MR) is 120 cm³/mol. The van der Waals surface area contributed by atoms with Crippen LogP contribution in [0.2, 0.25) is 0 Å². The van der Waals surface area contributed by atoms with E-state index in [0.29, 0.717) is 12.1 Å². The molecule has 156 valence electrons. The Kier molecular flexibility index (Phi) is 6.29. The van der Waals surface area contributed by atoms with E-state index < -0.39 is 0 Å². The van der Waals surface area contributed by atoms with Crippen LogP contribution in [0.5, 0.6) is 0 Å². The van der Waals surface area contributed by atoms with Gasteiger partial charge in [0.1, 0.15) is 0 Å². The summed E-state index contributed by atoms with van der Waals surface area (Å²) >= 11 is 0. The Hall–Kier alpha value is -2.92. The molecule has 0 unspecified atom stereocenters. The second-order valence-corrected chi connectivity index (χ2v) is 8.42. The number of pyridine rings is 1. The van der Waals surface area contributed by atoms with Crippen LogP contribution in [-0.4, -0.2) is 28.9 Å². The number of H-pyrrole nitrogens is 1. The summed E-state index contributed by atoms with van der Waals surface area (Å²) in [5.41, 5.74) is 3.46. The molecule has 1 aliphatic heterocycles. The topological polar surface area (TPSA) is 65.2 Å². The molecule has 4 rings (SSSR count). The van der Waals surface area contributed by atoms with E-state index >= 15 is 0 Å². The van der Waals surface area contributed by atoms with Crippen molar-refractivity contribution < 1.29 is 4.79 Å². The number of carbonyl (C=O) groups excluding carboxylic acids is 1. The van der Waals surface area contributed by atoms with Gasteiger partial charge in [0.05, 0.1) is 6.42 Å². The van der Waals surface area contributed by atoms with Gasteiger partial charge in [0.15, 0.2) is 0 Å². The van der Waals surface area contributed by atoms with E-state index in [2.05, 4.69) is 40.3 Å².